The molecule has 0 radical (unpaired) electrons. The first-order valence-corrected chi connectivity index (χ1v) is 5.91. The van der Waals surface area contributed by atoms with Gasteiger partial charge in [-0.2, -0.15) is 0 Å². The number of alkyl halides is 1. The van der Waals surface area contributed by atoms with Crippen molar-refractivity contribution in [2.45, 2.75) is 19.8 Å². The molecule has 1 aliphatic rings. The van der Waals surface area contributed by atoms with Crippen molar-refractivity contribution >= 4 is 11.6 Å². The quantitative estimate of drug-likeness (QED) is 0.643. The van der Waals surface area contributed by atoms with Gasteiger partial charge in [-0.05, 0) is 32.5 Å². The third kappa shape index (κ3) is 4.30. The van der Waals surface area contributed by atoms with Gasteiger partial charge in [-0.25, -0.2) is 0 Å². The van der Waals surface area contributed by atoms with Gasteiger partial charge in [-0.3, -0.25) is 0 Å². The maximum atomic E-state index is 5.73. The van der Waals surface area contributed by atoms with Gasteiger partial charge in [0.2, 0.25) is 0 Å². The van der Waals surface area contributed by atoms with Crippen molar-refractivity contribution in [1.29, 1.82) is 0 Å². The summed E-state index contributed by atoms with van der Waals surface area (Å²) in [6.45, 7) is 9.49. The van der Waals surface area contributed by atoms with Crippen LogP contribution in [-0.4, -0.2) is 54.9 Å². The predicted octanol–water partition coefficient (Wildman–Crippen LogP) is 1.64. The molecule has 0 aromatic rings. The van der Waals surface area contributed by atoms with Crippen LogP contribution in [-0.2, 0) is 0 Å². The Hall–Kier alpha value is 0.210. The average molecular weight is 205 g/mol. The van der Waals surface area contributed by atoms with Crippen LogP contribution in [0.5, 0.6) is 0 Å². The van der Waals surface area contributed by atoms with E-state index in [1.54, 1.807) is 0 Å². The van der Waals surface area contributed by atoms with E-state index in [1.807, 2.05) is 0 Å². The molecule has 1 rings (SSSR count). The fraction of sp³-hybridized carbons (Fsp3) is 1.00. The number of hydrogen-bond acceptors (Lipinski definition) is 2. The van der Waals surface area contributed by atoms with Crippen LogP contribution >= 0.6 is 11.6 Å². The van der Waals surface area contributed by atoms with E-state index in [4.69, 9.17) is 11.6 Å². The number of nitrogens with zero attached hydrogens (tertiary/aromatic N) is 2. The Kier molecular flexibility index (Phi) is 5.76. The molecule has 2 nitrogen and oxygen atoms in total. The topological polar surface area (TPSA) is 6.48 Å². The molecule has 13 heavy (non-hydrogen) atoms. The molecule has 0 unspecified atom stereocenters. The van der Waals surface area contributed by atoms with Crippen LogP contribution in [0.2, 0.25) is 0 Å². The van der Waals surface area contributed by atoms with Crippen molar-refractivity contribution in [2.75, 3.05) is 45.1 Å². The van der Waals surface area contributed by atoms with Gasteiger partial charge in [0.1, 0.15) is 0 Å². The lowest BCUT2D eigenvalue weighted by Gasteiger charge is -2.20. The van der Waals surface area contributed by atoms with Gasteiger partial charge >= 0.3 is 0 Å². The summed E-state index contributed by atoms with van der Waals surface area (Å²) in [5.74, 6) is 0.772. The Morgan fingerprint density at radius 1 is 1.00 bits per heavy atom. The Morgan fingerprint density at radius 2 is 1.62 bits per heavy atom. The molecular formula is C10H21ClN2. The summed E-state index contributed by atoms with van der Waals surface area (Å²) >= 11 is 5.73. The molecule has 1 saturated heterocycles. The third-order valence-corrected chi connectivity index (χ3v) is 2.79. The highest BCUT2D eigenvalue weighted by atomic mass is 35.5. The van der Waals surface area contributed by atoms with E-state index in [1.165, 1.54) is 45.6 Å². The second-order valence-corrected chi connectivity index (χ2v) is 4.10. The van der Waals surface area contributed by atoms with Gasteiger partial charge in [0, 0.05) is 25.5 Å². The zero-order chi connectivity index (χ0) is 9.52. The smallest absolute Gasteiger partial charge is 0.0351 e. The van der Waals surface area contributed by atoms with Gasteiger partial charge in [0.05, 0.1) is 0 Å². The Bertz CT molecular complexity index is 116. The van der Waals surface area contributed by atoms with Crippen LogP contribution in [0.15, 0.2) is 0 Å². The number of halogens is 1. The van der Waals surface area contributed by atoms with Gasteiger partial charge < -0.3 is 9.80 Å². The Labute approximate surface area is 86.8 Å². The molecule has 0 aliphatic carbocycles. The molecule has 0 aromatic heterocycles. The largest absolute Gasteiger partial charge is 0.302 e. The van der Waals surface area contributed by atoms with Crippen molar-refractivity contribution in [3.05, 3.63) is 0 Å². The minimum absolute atomic E-state index is 0.772. The number of rotatable bonds is 4. The van der Waals surface area contributed by atoms with Crippen molar-refractivity contribution in [3.63, 3.8) is 0 Å². The average Bonchev–Trinajstić information content (AvgIpc) is 2.33. The lowest BCUT2D eigenvalue weighted by atomic mass is 10.3. The monoisotopic (exact) mass is 204 g/mol. The van der Waals surface area contributed by atoms with Gasteiger partial charge in [0.15, 0.2) is 0 Å². The minimum atomic E-state index is 0.772. The van der Waals surface area contributed by atoms with Gasteiger partial charge in [-0.15, -0.1) is 11.6 Å². The molecule has 1 aliphatic heterocycles. The Balaban J connectivity index is 2.22. The first-order valence-electron chi connectivity index (χ1n) is 5.37. The SMILES string of the molecule is CCCN1CCCN(CCCl)CC1. The fourth-order valence-electron chi connectivity index (χ4n) is 1.91. The van der Waals surface area contributed by atoms with Gasteiger partial charge in [0.25, 0.3) is 0 Å². The van der Waals surface area contributed by atoms with E-state index in [9.17, 15) is 0 Å². The lowest BCUT2D eigenvalue weighted by Crippen LogP contribution is -2.32. The summed E-state index contributed by atoms with van der Waals surface area (Å²) in [6.07, 6.45) is 2.58. The molecule has 0 aromatic carbocycles. The van der Waals surface area contributed by atoms with Crippen LogP contribution in [0.4, 0.5) is 0 Å². The van der Waals surface area contributed by atoms with E-state index < -0.39 is 0 Å². The fourth-order valence-corrected chi connectivity index (χ4v) is 2.15. The van der Waals surface area contributed by atoms with Crippen molar-refractivity contribution in [3.8, 4) is 0 Å². The molecular weight excluding hydrogens is 184 g/mol. The molecule has 0 amide bonds. The van der Waals surface area contributed by atoms with E-state index in [2.05, 4.69) is 16.7 Å². The van der Waals surface area contributed by atoms with Crippen LogP contribution in [0.3, 0.4) is 0 Å². The van der Waals surface area contributed by atoms with Crippen molar-refractivity contribution in [1.82, 2.24) is 9.80 Å². The first-order chi connectivity index (χ1) is 6.36. The van der Waals surface area contributed by atoms with Crippen molar-refractivity contribution < 1.29 is 0 Å². The molecule has 3 heteroatoms. The summed E-state index contributed by atoms with van der Waals surface area (Å²) in [7, 11) is 0. The summed E-state index contributed by atoms with van der Waals surface area (Å²) in [5.41, 5.74) is 0. The highest BCUT2D eigenvalue weighted by Crippen LogP contribution is 2.03. The van der Waals surface area contributed by atoms with E-state index in [0.717, 1.165) is 12.4 Å². The molecule has 0 saturated carbocycles. The van der Waals surface area contributed by atoms with Crippen LogP contribution in [0.1, 0.15) is 19.8 Å². The van der Waals surface area contributed by atoms with E-state index >= 15 is 0 Å². The normalized spacial score (nSPS) is 21.7. The molecule has 0 N–H and O–H groups in total. The van der Waals surface area contributed by atoms with Crippen LogP contribution in [0.25, 0.3) is 0 Å². The minimum Gasteiger partial charge on any atom is -0.302 e. The molecule has 0 bridgehead atoms. The highest BCUT2D eigenvalue weighted by molar-refractivity contribution is 6.18. The third-order valence-electron chi connectivity index (χ3n) is 2.62. The summed E-state index contributed by atoms with van der Waals surface area (Å²) in [5, 5.41) is 0. The first kappa shape index (κ1) is 11.3. The van der Waals surface area contributed by atoms with E-state index in [-0.39, 0.29) is 0 Å². The highest BCUT2D eigenvalue weighted by Gasteiger charge is 2.12. The van der Waals surface area contributed by atoms with Crippen molar-refractivity contribution in [2.24, 2.45) is 0 Å². The van der Waals surface area contributed by atoms with E-state index in [0.29, 0.717) is 0 Å². The molecule has 78 valence electrons. The second kappa shape index (κ2) is 6.63. The summed E-state index contributed by atoms with van der Waals surface area (Å²) < 4.78 is 0. The zero-order valence-corrected chi connectivity index (χ0v) is 9.39. The standard InChI is InChI=1S/C10H21ClN2/c1-2-5-12-6-3-7-13(8-4-11)10-9-12/h2-10H2,1H3. The Morgan fingerprint density at radius 3 is 2.15 bits per heavy atom. The lowest BCUT2D eigenvalue weighted by molar-refractivity contribution is 0.264. The molecule has 1 fully saturated rings. The predicted molar refractivity (Wildman–Crippen MR) is 58.5 cm³/mol. The second-order valence-electron chi connectivity index (χ2n) is 3.73. The summed E-state index contributed by atoms with van der Waals surface area (Å²) in [4.78, 5) is 5.04. The van der Waals surface area contributed by atoms with Crippen LogP contribution < -0.4 is 0 Å². The van der Waals surface area contributed by atoms with Gasteiger partial charge in [-0.1, -0.05) is 6.92 Å². The maximum absolute atomic E-state index is 5.73. The molecule has 0 atom stereocenters. The zero-order valence-electron chi connectivity index (χ0n) is 8.64. The van der Waals surface area contributed by atoms with Crippen LogP contribution in [0, 0.1) is 0 Å². The number of hydrogen-bond donors (Lipinski definition) is 0. The maximum Gasteiger partial charge on any atom is 0.0351 e. The molecule has 0 spiro atoms. The molecule has 1 heterocycles. The summed E-state index contributed by atoms with van der Waals surface area (Å²) in [6, 6.07) is 0.